The quantitative estimate of drug-likeness (QED) is 0.214. The van der Waals surface area contributed by atoms with Crippen LogP contribution in [0, 0.1) is 11.3 Å². The maximum atomic E-state index is 13.9. The summed E-state index contributed by atoms with van der Waals surface area (Å²) in [5, 5.41) is 31.8. The molecule has 0 radical (unpaired) electrons. The van der Waals surface area contributed by atoms with E-state index in [0.717, 1.165) is 16.7 Å². The van der Waals surface area contributed by atoms with E-state index in [0.29, 0.717) is 6.42 Å². The van der Waals surface area contributed by atoms with Crippen LogP contribution in [0.1, 0.15) is 56.3 Å². The van der Waals surface area contributed by atoms with Crippen molar-refractivity contribution in [3.8, 4) is 0 Å². The lowest BCUT2D eigenvalue weighted by atomic mass is 9.86. The summed E-state index contributed by atoms with van der Waals surface area (Å²) in [5.74, 6) is -3.12. The van der Waals surface area contributed by atoms with Crippen molar-refractivity contribution < 1.29 is 34.2 Å². The predicted molar refractivity (Wildman–Crippen MR) is 173 cm³/mol. The van der Waals surface area contributed by atoms with E-state index in [1.165, 1.54) is 11.0 Å². The van der Waals surface area contributed by atoms with Gasteiger partial charge in [-0.15, -0.1) is 6.58 Å². The van der Waals surface area contributed by atoms with Gasteiger partial charge in [-0.2, -0.15) is 0 Å². The largest absolute Gasteiger partial charge is 0.479 e. The molecule has 6 N–H and O–H groups in total. The number of carboxylic acids is 1. The fraction of sp³-hybridized carbons (Fsp3) is 0.457. The summed E-state index contributed by atoms with van der Waals surface area (Å²) in [6, 6.07) is 12.4. The Balaban J connectivity index is 1.33. The van der Waals surface area contributed by atoms with Crippen LogP contribution in [-0.2, 0) is 32.0 Å². The highest BCUT2D eigenvalue weighted by molar-refractivity contribution is 5.95. The van der Waals surface area contributed by atoms with Crippen LogP contribution in [0.2, 0.25) is 0 Å². The zero-order valence-electron chi connectivity index (χ0n) is 26.9. The Morgan fingerprint density at radius 2 is 1.72 bits per heavy atom. The smallest absolute Gasteiger partial charge is 0.330 e. The van der Waals surface area contributed by atoms with Crippen LogP contribution in [0.3, 0.4) is 0 Å². The second kappa shape index (κ2) is 13.2. The monoisotopic (exact) mass is 645 g/mol. The van der Waals surface area contributed by atoms with Gasteiger partial charge in [0.2, 0.25) is 17.7 Å². The number of carbonyl (C=O) groups excluding carboxylic acids is 4. The zero-order valence-corrected chi connectivity index (χ0v) is 26.9. The highest BCUT2D eigenvalue weighted by Crippen LogP contribution is 2.45. The molecular weight excluding hydrogens is 602 g/mol. The molecule has 0 spiro atoms. The van der Waals surface area contributed by atoms with Crippen molar-refractivity contribution in [3.05, 3.63) is 83.9 Å². The van der Waals surface area contributed by atoms with E-state index < -0.39 is 71.0 Å². The lowest BCUT2D eigenvalue weighted by Gasteiger charge is -2.34. The van der Waals surface area contributed by atoms with Crippen LogP contribution in [0.25, 0.3) is 0 Å². The lowest BCUT2D eigenvalue weighted by Crippen LogP contribution is -2.60. The summed E-state index contributed by atoms with van der Waals surface area (Å²) < 4.78 is 0. The van der Waals surface area contributed by atoms with Gasteiger partial charge in [0.15, 0.2) is 0 Å². The number of nitrogens with one attached hydrogen (secondary N) is 4. The van der Waals surface area contributed by atoms with Crippen LogP contribution in [0.5, 0.6) is 0 Å². The standard InChI is InChI=1S/C35H43N5O7/c1-5-22-18-35(22,32(45)46)39-30(43)25-17-23(36-27(42)15-20-11-7-6-8-12-20)19-40(25)33(47)38-29(34(2,3)4)31(44)37-28-24-14-10-9-13-21(24)16-26(28)41/h5-14,22-23,25-26,28-29,41H,1,15-19H2,2-4H3,(H,36,42)(H,37,44)(H,38,47)(H,39,43)(H,45,46). The number of fused-ring (bicyclic) bond motifs is 1. The SMILES string of the molecule is C=CC1CC1(NC(=O)C1CC(NC(=O)Cc2ccccc2)CN1C(=O)NC(C(=O)NC1c2ccccc2CC1O)C(C)(C)C)C(=O)O. The molecule has 5 amide bonds. The molecule has 7 atom stereocenters. The fourth-order valence-corrected chi connectivity index (χ4v) is 6.66. The first-order valence-corrected chi connectivity index (χ1v) is 15.9. The van der Waals surface area contributed by atoms with Gasteiger partial charge in [0, 0.05) is 24.9 Å². The highest BCUT2D eigenvalue weighted by Gasteiger charge is 2.61. The number of hydrogen-bond donors (Lipinski definition) is 6. The number of carboxylic acid groups (broad SMARTS) is 1. The molecule has 2 aliphatic carbocycles. The van der Waals surface area contributed by atoms with Crippen molar-refractivity contribution in [2.24, 2.45) is 11.3 Å². The minimum Gasteiger partial charge on any atom is -0.479 e. The average Bonchev–Trinajstić information content (AvgIpc) is 3.43. The minimum atomic E-state index is -1.51. The number of amides is 5. The Morgan fingerprint density at radius 3 is 2.36 bits per heavy atom. The number of aliphatic hydroxyl groups is 1. The topological polar surface area (TPSA) is 177 Å². The van der Waals surface area contributed by atoms with Crippen LogP contribution in [-0.4, -0.2) is 81.1 Å². The predicted octanol–water partition coefficient (Wildman–Crippen LogP) is 1.83. The summed E-state index contributed by atoms with van der Waals surface area (Å²) in [6.07, 6.45) is 1.36. The first kappa shape index (κ1) is 33.6. The molecule has 12 heteroatoms. The Hall–Kier alpha value is -4.71. The van der Waals surface area contributed by atoms with E-state index in [2.05, 4.69) is 27.8 Å². The third-order valence-corrected chi connectivity index (χ3v) is 9.36. The molecule has 1 aliphatic heterocycles. The number of likely N-dealkylation sites (tertiary alicyclic amines) is 1. The van der Waals surface area contributed by atoms with Crippen molar-refractivity contribution in [1.29, 1.82) is 0 Å². The van der Waals surface area contributed by atoms with Gasteiger partial charge in [-0.3, -0.25) is 14.4 Å². The summed E-state index contributed by atoms with van der Waals surface area (Å²) in [4.78, 5) is 67.6. The second-order valence-electron chi connectivity index (χ2n) is 13.8. The van der Waals surface area contributed by atoms with E-state index in [-0.39, 0.29) is 31.7 Å². The maximum Gasteiger partial charge on any atom is 0.330 e. The summed E-state index contributed by atoms with van der Waals surface area (Å²) in [5.41, 5.74) is 0.252. The van der Waals surface area contributed by atoms with Gasteiger partial charge in [-0.25, -0.2) is 9.59 Å². The first-order chi connectivity index (χ1) is 22.2. The third-order valence-electron chi connectivity index (χ3n) is 9.36. The van der Waals surface area contributed by atoms with Crippen molar-refractivity contribution in [1.82, 2.24) is 26.2 Å². The van der Waals surface area contributed by atoms with Crippen LogP contribution in [0.15, 0.2) is 67.3 Å². The number of aliphatic hydroxyl groups excluding tert-OH is 1. The molecule has 1 saturated heterocycles. The second-order valence-corrected chi connectivity index (χ2v) is 13.8. The highest BCUT2D eigenvalue weighted by atomic mass is 16.4. The minimum absolute atomic E-state index is 0.0391. The average molecular weight is 646 g/mol. The van der Waals surface area contributed by atoms with Crippen LogP contribution in [0.4, 0.5) is 4.79 Å². The molecule has 0 aromatic heterocycles. The van der Waals surface area contributed by atoms with E-state index in [9.17, 15) is 34.2 Å². The normalized spacial score (nSPS) is 26.8. The van der Waals surface area contributed by atoms with Crippen molar-refractivity contribution in [2.45, 2.75) is 82.3 Å². The fourth-order valence-electron chi connectivity index (χ4n) is 6.66. The van der Waals surface area contributed by atoms with Crippen LogP contribution >= 0.6 is 0 Å². The van der Waals surface area contributed by atoms with Gasteiger partial charge in [0.25, 0.3) is 0 Å². The van der Waals surface area contributed by atoms with Gasteiger partial charge >= 0.3 is 12.0 Å². The number of rotatable bonds is 10. The van der Waals surface area contributed by atoms with Gasteiger partial charge in [-0.1, -0.05) is 81.4 Å². The third kappa shape index (κ3) is 7.17. The summed E-state index contributed by atoms with van der Waals surface area (Å²) >= 11 is 0. The summed E-state index contributed by atoms with van der Waals surface area (Å²) in [7, 11) is 0. The molecule has 47 heavy (non-hydrogen) atoms. The molecule has 2 aromatic rings. The summed E-state index contributed by atoms with van der Waals surface area (Å²) in [6.45, 7) is 8.99. The van der Waals surface area contributed by atoms with Gasteiger partial charge < -0.3 is 36.4 Å². The van der Waals surface area contributed by atoms with Crippen molar-refractivity contribution in [3.63, 3.8) is 0 Å². The molecule has 7 unspecified atom stereocenters. The molecule has 12 nitrogen and oxygen atoms in total. The Bertz CT molecular complexity index is 1560. The van der Waals surface area contributed by atoms with E-state index in [1.807, 2.05) is 54.6 Å². The molecule has 3 aliphatic rings. The van der Waals surface area contributed by atoms with Crippen molar-refractivity contribution >= 4 is 29.7 Å². The molecule has 1 heterocycles. The van der Waals surface area contributed by atoms with Crippen molar-refractivity contribution in [2.75, 3.05) is 6.54 Å². The van der Waals surface area contributed by atoms with Crippen LogP contribution < -0.4 is 21.3 Å². The Labute approximate surface area is 274 Å². The van der Waals surface area contributed by atoms with Gasteiger partial charge in [0.05, 0.1) is 18.6 Å². The van der Waals surface area contributed by atoms with E-state index in [4.69, 9.17) is 0 Å². The molecule has 0 bridgehead atoms. The zero-order chi connectivity index (χ0) is 34.1. The molecule has 1 saturated carbocycles. The maximum absolute atomic E-state index is 13.9. The molecule has 250 valence electrons. The number of hydrogen-bond acceptors (Lipinski definition) is 6. The Kier molecular flexibility index (Phi) is 9.44. The number of nitrogens with zero attached hydrogens (tertiary/aromatic N) is 1. The molecule has 2 aromatic carbocycles. The van der Waals surface area contributed by atoms with E-state index >= 15 is 0 Å². The first-order valence-electron chi connectivity index (χ1n) is 15.9. The van der Waals surface area contributed by atoms with Gasteiger partial charge in [0.1, 0.15) is 17.6 Å². The molecule has 5 rings (SSSR count). The lowest BCUT2D eigenvalue weighted by molar-refractivity contribution is -0.144. The Morgan fingerprint density at radius 1 is 1.04 bits per heavy atom. The van der Waals surface area contributed by atoms with Gasteiger partial charge in [-0.05, 0) is 34.9 Å². The molecule has 2 fully saturated rings. The number of benzene rings is 2. The molecular formula is C35H43N5O7. The van der Waals surface area contributed by atoms with E-state index in [1.54, 1.807) is 20.8 Å². The number of urea groups is 1. The number of aliphatic carboxylic acids is 1. The number of carbonyl (C=O) groups is 5.